The van der Waals surface area contributed by atoms with Crippen molar-refractivity contribution in [3.8, 4) is 0 Å². The molecular formula is C17H17ClN4O4S3. The monoisotopic (exact) mass is 472 g/mol. The van der Waals surface area contributed by atoms with Crippen molar-refractivity contribution in [1.29, 1.82) is 0 Å². The fourth-order valence-electron chi connectivity index (χ4n) is 3.14. The van der Waals surface area contributed by atoms with Gasteiger partial charge in [0.05, 0.1) is 10.8 Å². The molecule has 0 bridgehead atoms. The average Bonchev–Trinajstić information content (AvgIpc) is 3.45. The molecule has 0 spiro atoms. The lowest BCUT2D eigenvalue weighted by Gasteiger charge is -2.32. The lowest BCUT2D eigenvalue weighted by Crippen LogP contribution is -2.49. The first-order chi connectivity index (χ1) is 13.9. The Morgan fingerprint density at radius 1 is 1.31 bits per heavy atom. The van der Waals surface area contributed by atoms with Crippen LogP contribution < -0.4 is 5.32 Å². The first-order valence-corrected chi connectivity index (χ1v) is 12.4. The molecule has 4 heterocycles. The van der Waals surface area contributed by atoms with Crippen molar-refractivity contribution in [3.63, 3.8) is 0 Å². The van der Waals surface area contributed by atoms with Gasteiger partial charge in [-0.2, -0.15) is 4.31 Å². The highest BCUT2D eigenvalue weighted by Gasteiger charge is 2.38. The molecule has 0 saturated carbocycles. The number of nitrogens with zero attached hydrogens (tertiary/aromatic N) is 3. The quantitative estimate of drug-likeness (QED) is 0.587. The number of hydrogen-bond acceptors (Lipinski definition) is 8. The van der Waals surface area contributed by atoms with Crippen LogP contribution in [0, 0.1) is 0 Å². The fraction of sp³-hybridized carbons (Fsp3) is 0.353. The van der Waals surface area contributed by atoms with E-state index in [-0.39, 0.29) is 10.2 Å². The Morgan fingerprint density at radius 3 is 2.90 bits per heavy atom. The molecule has 1 N–H and O–H groups in total. The largest absolute Gasteiger partial charge is 0.407 e. The van der Waals surface area contributed by atoms with Crippen LogP contribution in [0.1, 0.15) is 30.0 Å². The van der Waals surface area contributed by atoms with Gasteiger partial charge in [0, 0.05) is 11.4 Å². The molecule has 1 amide bonds. The summed E-state index contributed by atoms with van der Waals surface area (Å²) < 4.78 is 33.5. The van der Waals surface area contributed by atoms with Crippen molar-refractivity contribution in [2.24, 2.45) is 0 Å². The number of aromatic nitrogens is 2. The molecule has 0 aliphatic carbocycles. The Bertz CT molecular complexity index is 1090. The summed E-state index contributed by atoms with van der Waals surface area (Å²) in [5.41, 5.74) is 0. The van der Waals surface area contributed by atoms with Crippen molar-refractivity contribution >= 4 is 56.2 Å². The number of sulfonamides is 1. The van der Waals surface area contributed by atoms with Gasteiger partial charge in [-0.15, -0.1) is 27.8 Å². The van der Waals surface area contributed by atoms with Crippen LogP contribution in [0.15, 0.2) is 38.3 Å². The van der Waals surface area contributed by atoms with Crippen LogP contribution in [-0.2, 0) is 21.2 Å². The molecule has 1 saturated heterocycles. The van der Waals surface area contributed by atoms with E-state index in [2.05, 4.69) is 15.5 Å². The minimum absolute atomic E-state index is 0.0494. The summed E-state index contributed by atoms with van der Waals surface area (Å²) in [6.07, 6.45) is 2.32. The fourth-order valence-corrected chi connectivity index (χ4v) is 7.00. The highest BCUT2D eigenvalue weighted by Crippen LogP contribution is 2.29. The minimum atomic E-state index is -3.73. The molecule has 1 aliphatic rings. The van der Waals surface area contributed by atoms with E-state index in [1.807, 2.05) is 6.07 Å². The van der Waals surface area contributed by atoms with Crippen molar-refractivity contribution in [2.75, 3.05) is 11.9 Å². The van der Waals surface area contributed by atoms with Gasteiger partial charge < -0.3 is 4.42 Å². The summed E-state index contributed by atoms with van der Waals surface area (Å²) in [7, 11) is -3.73. The normalized spacial score (nSPS) is 18.0. The summed E-state index contributed by atoms with van der Waals surface area (Å²) in [5, 5.41) is 12.0. The number of rotatable bonds is 6. The van der Waals surface area contributed by atoms with E-state index in [9.17, 15) is 13.2 Å². The third-order valence-corrected chi connectivity index (χ3v) is 8.98. The molecule has 0 radical (unpaired) electrons. The van der Waals surface area contributed by atoms with Crippen LogP contribution in [0.4, 0.5) is 6.01 Å². The van der Waals surface area contributed by atoms with Crippen LogP contribution >= 0.6 is 34.3 Å². The molecule has 1 unspecified atom stereocenters. The Morgan fingerprint density at radius 2 is 2.17 bits per heavy atom. The zero-order valence-electron chi connectivity index (χ0n) is 15.1. The van der Waals surface area contributed by atoms with Gasteiger partial charge in [0.25, 0.3) is 10.0 Å². The highest BCUT2D eigenvalue weighted by atomic mass is 35.5. The summed E-state index contributed by atoms with van der Waals surface area (Å²) in [5.74, 6) is -0.135. The average molecular weight is 473 g/mol. The van der Waals surface area contributed by atoms with E-state index in [1.54, 1.807) is 23.6 Å². The maximum absolute atomic E-state index is 12.9. The van der Waals surface area contributed by atoms with Crippen LogP contribution in [0.2, 0.25) is 4.34 Å². The molecule has 1 atom stereocenters. The maximum atomic E-state index is 12.9. The molecule has 0 aromatic carbocycles. The molecule has 1 fully saturated rings. The van der Waals surface area contributed by atoms with Crippen molar-refractivity contribution in [3.05, 3.63) is 44.7 Å². The topological polar surface area (TPSA) is 105 Å². The second-order valence-corrected chi connectivity index (χ2v) is 11.3. The van der Waals surface area contributed by atoms with Crippen LogP contribution in [0.5, 0.6) is 0 Å². The number of piperidine rings is 1. The van der Waals surface area contributed by atoms with E-state index >= 15 is 0 Å². The molecular weight excluding hydrogens is 456 g/mol. The van der Waals surface area contributed by atoms with Gasteiger partial charge in [-0.25, -0.2) is 8.42 Å². The Labute approximate surface area is 180 Å². The van der Waals surface area contributed by atoms with Gasteiger partial charge in [-0.1, -0.05) is 29.2 Å². The van der Waals surface area contributed by atoms with Gasteiger partial charge in [0.2, 0.25) is 11.8 Å². The number of amides is 1. The zero-order valence-corrected chi connectivity index (χ0v) is 18.3. The molecule has 3 aromatic rings. The summed E-state index contributed by atoms with van der Waals surface area (Å²) >= 11 is 8.46. The van der Waals surface area contributed by atoms with E-state index in [0.717, 1.165) is 22.6 Å². The Kier molecular flexibility index (Phi) is 6.02. The smallest absolute Gasteiger partial charge is 0.322 e. The summed E-state index contributed by atoms with van der Waals surface area (Å²) in [6.45, 7) is 0.298. The van der Waals surface area contributed by atoms with E-state index in [1.165, 1.54) is 15.6 Å². The van der Waals surface area contributed by atoms with Crippen molar-refractivity contribution in [2.45, 2.75) is 35.9 Å². The molecule has 3 aromatic heterocycles. The van der Waals surface area contributed by atoms with Crippen LogP contribution in [0.25, 0.3) is 0 Å². The second kappa shape index (κ2) is 8.52. The molecule has 8 nitrogen and oxygen atoms in total. The maximum Gasteiger partial charge on any atom is 0.322 e. The number of anilines is 1. The lowest BCUT2D eigenvalue weighted by atomic mass is 10.0. The molecule has 29 heavy (non-hydrogen) atoms. The van der Waals surface area contributed by atoms with Gasteiger partial charge in [0.1, 0.15) is 10.3 Å². The third kappa shape index (κ3) is 4.53. The number of halogens is 1. The predicted molar refractivity (Wildman–Crippen MR) is 111 cm³/mol. The predicted octanol–water partition coefficient (Wildman–Crippen LogP) is 3.62. The first-order valence-electron chi connectivity index (χ1n) is 8.86. The third-order valence-electron chi connectivity index (χ3n) is 4.47. The van der Waals surface area contributed by atoms with Gasteiger partial charge in [0.15, 0.2) is 0 Å². The number of nitrogens with one attached hydrogen (secondary N) is 1. The number of thiophene rings is 2. The number of hydrogen-bond donors (Lipinski definition) is 1. The van der Waals surface area contributed by atoms with Crippen molar-refractivity contribution < 1.29 is 17.6 Å². The molecule has 12 heteroatoms. The SMILES string of the molecule is O=C(Nc1nnc(Cc2ccc(Cl)s2)o1)C1CCCCN1S(=O)(=O)c1cccs1. The standard InChI is InChI=1S/C17H17ClN4O4S3/c18-13-7-6-11(28-13)10-14-20-21-17(26-14)19-16(23)12-4-1-2-8-22(12)29(24,25)15-5-3-9-27-15/h3,5-7,9,12H,1-2,4,8,10H2,(H,19,21,23). The summed E-state index contributed by atoms with van der Waals surface area (Å²) in [6, 6.07) is 6.01. The van der Waals surface area contributed by atoms with E-state index in [4.69, 9.17) is 16.0 Å². The molecule has 154 valence electrons. The first kappa shape index (κ1) is 20.5. The Balaban J connectivity index is 1.47. The molecule has 1 aliphatic heterocycles. The Hall–Kier alpha value is -1.79. The van der Waals surface area contributed by atoms with Gasteiger partial charge in [-0.3, -0.25) is 10.1 Å². The number of carbonyl (C=O) groups is 1. The zero-order chi connectivity index (χ0) is 20.4. The minimum Gasteiger partial charge on any atom is -0.407 e. The van der Waals surface area contributed by atoms with E-state index < -0.39 is 22.0 Å². The van der Waals surface area contributed by atoms with E-state index in [0.29, 0.717) is 36.0 Å². The molecule has 4 rings (SSSR count). The lowest BCUT2D eigenvalue weighted by molar-refractivity contribution is -0.120. The van der Waals surface area contributed by atoms with Crippen LogP contribution in [-0.4, -0.2) is 41.4 Å². The second-order valence-electron chi connectivity index (χ2n) is 6.43. The van der Waals surface area contributed by atoms with Crippen LogP contribution in [0.3, 0.4) is 0 Å². The highest BCUT2D eigenvalue weighted by molar-refractivity contribution is 7.91. The van der Waals surface area contributed by atoms with Gasteiger partial charge >= 0.3 is 6.01 Å². The van der Waals surface area contributed by atoms with Gasteiger partial charge in [-0.05, 0) is 36.4 Å². The summed E-state index contributed by atoms with van der Waals surface area (Å²) in [4.78, 5) is 13.8. The van der Waals surface area contributed by atoms with Crippen molar-refractivity contribution in [1.82, 2.24) is 14.5 Å². The number of carbonyl (C=O) groups excluding carboxylic acids is 1.